The first-order valence-corrected chi connectivity index (χ1v) is 18.4. The van der Waals surface area contributed by atoms with Crippen molar-refractivity contribution < 1.29 is 4.74 Å². The van der Waals surface area contributed by atoms with Crippen molar-refractivity contribution in [2.24, 2.45) is 0 Å². The van der Waals surface area contributed by atoms with Crippen molar-refractivity contribution >= 4 is 64.2 Å². The van der Waals surface area contributed by atoms with Crippen molar-refractivity contribution in [2.75, 3.05) is 0 Å². The van der Waals surface area contributed by atoms with Crippen molar-refractivity contribution in [1.29, 1.82) is 0 Å². The van der Waals surface area contributed by atoms with Crippen molar-refractivity contribution in [1.82, 2.24) is 15.0 Å². The zero-order valence-corrected chi connectivity index (χ0v) is 28.7. The summed E-state index contributed by atoms with van der Waals surface area (Å²) in [6.07, 6.45) is 4.36. The monoisotopic (exact) mass is 683 g/mol. The van der Waals surface area contributed by atoms with Crippen LogP contribution in [0.15, 0.2) is 164 Å². The first-order valence-electron chi connectivity index (χ1n) is 17.6. The zero-order chi connectivity index (χ0) is 34.2. The fraction of sp³-hybridized carbons (Fsp3) is 0.0426. The molecule has 1 aliphatic carbocycles. The predicted molar refractivity (Wildman–Crippen MR) is 215 cm³/mol. The van der Waals surface area contributed by atoms with Gasteiger partial charge in [-0.3, -0.25) is 0 Å². The van der Waals surface area contributed by atoms with Gasteiger partial charge in [-0.05, 0) is 69.1 Å². The van der Waals surface area contributed by atoms with Gasteiger partial charge in [-0.15, -0.1) is 11.3 Å². The van der Waals surface area contributed by atoms with E-state index in [2.05, 4.69) is 140 Å². The van der Waals surface area contributed by atoms with Crippen LogP contribution in [0, 0.1) is 0 Å². The lowest BCUT2D eigenvalue weighted by Crippen LogP contribution is -2.22. The maximum Gasteiger partial charge on any atom is 0.164 e. The number of nitrogens with zero attached hydrogens (tertiary/aromatic N) is 3. The number of hydrogen-bond donors (Lipinski definition) is 0. The highest BCUT2D eigenvalue weighted by Gasteiger charge is 2.40. The van der Waals surface area contributed by atoms with E-state index in [-0.39, 0.29) is 12.0 Å². The Morgan fingerprint density at radius 3 is 2.08 bits per heavy atom. The number of allylic oxidation sites excluding steroid dienone is 2. The number of thiophene rings is 1. The quantitative estimate of drug-likeness (QED) is 0.173. The number of aromatic nitrogens is 3. The van der Waals surface area contributed by atoms with Gasteiger partial charge in [0, 0.05) is 42.4 Å². The fourth-order valence-electron chi connectivity index (χ4n) is 7.98. The van der Waals surface area contributed by atoms with Crippen LogP contribution in [0.2, 0.25) is 0 Å². The van der Waals surface area contributed by atoms with Crippen LogP contribution in [-0.2, 0) is 0 Å². The molecule has 2 aliphatic rings. The van der Waals surface area contributed by atoms with E-state index in [1.807, 2.05) is 35.6 Å². The molecular weight excluding hydrogens is 655 g/mol. The minimum atomic E-state index is -0.195. The minimum absolute atomic E-state index is 0.0603. The Hall–Kier alpha value is -6.43. The average Bonchev–Trinajstić information content (AvgIpc) is 3.78. The summed E-state index contributed by atoms with van der Waals surface area (Å²) in [5.41, 5.74) is 6.32. The lowest BCUT2D eigenvalue weighted by Gasteiger charge is -2.25. The van der Waals surface area contributed by atoms with Crippen molar-refractivity contribution in [3.8, 4) is 28.5 Å². The molecule has 7 aromatic carbocycles. The SMILES string of the molecule is C1=C(c2ccc3c(c2)sc2ccccc23)C=C(c2nc(-c3ccccc3)nc(-c3ccc4c(ccc5ccccc54)c3)n2)C2c3ccccc3OC12. The predicted octanol–water partition coefficient (Wildman–Crippen LogP) is 11.9. The van der Waals surface area contributed by atoms with Gasteiger partial charge < -0.3 is 4.74 Å². The van der Waals surface area contributed by atoms with Crippen molar-refractivity contribution in [2.45, 2.75) is 12.0 Å². The molecule has 0 radical (unpaired) electrons. The van der Waals surface area contributed by atoms with Crippen molar-refractivity contribution in [3.05, 3.63) is 181 Å². The van der Waals surface area contributed by atoms with E-state index in [1.54, 1.807) is 0 Å². The number of ether oxygens (including phenoxy) is 1. The lowest BCUT2D eigenvalue weighted by molar-refractivity contribution is 0.272. The van der Waals surface area contributed by atoms with Gasteiger partial charge in [-0.25, -0.2) is 15.0 Å². The molecular formula is C47H29N3OS. The summed E-state index contributed by atoms with van der Waals surface area (Å²) in [7, 11) is 0. The standard InChI is InChI=1S/C47H29N3OS/c1-2-11-29(12-3-1)45-48-46(32-21-22-35-31(24-32)19-18-28-10-4-5-13-34(28)35)50-47(49-45)39-25-33(26-41-44(39)38-15-6-8-16-40(38)51-41)30-20-23-37-36-14-7-9-17-42(36)52-43(37)27-30/h1-27,41,44H. The molecule has 0 bridgehead atoms. The van der Waals surface area contributed by atoms with Crippen LogP contribution in [0.4, 0.5) is 0 Å². The van der Waals surface area contributed by atoms with Crippen LogP contribution < -0.4 is 4.74 Å². The maximum atomic E-state index is 6.68. The van der Waals surface area contributed by atoms with Gasteiger partial charge in [-0.2, -0.15) is 0 Å². The number of benzene rings is 7. The van der Waals surface area contributed by atoms with Crippen LogP contribution in [0.1, 0.15) is 22.9 Å². The summed E-state index contributed by atoms with van der Waals surface area (Å²) < 4.78 is 9.24. The van der Waals surface area contributed by atoms with Crippen LogP contribution in [0.3, 0.4) is 0 Å². The summed E-state index contributed by atoms with van der Waals surface area (Å²) >= 11 is 1.83. The Bertz CT molecular complexity index is 2960. The summed E-state index contributed by atoms with van der Waals surface area (Å²) in [6, 6.07) is 53.4. The van der Waals surface area contributed by atoms with Crippen LogP contribution in [0.25, 0.3) is 75.6 Å². The molecule has 0 saturated heterocycles. The normalized spacial score (nSPS) is 16.5. The molecule has 2 aromatic heterocycles. The van der Waals surface area contributed by atoms with E-state index >= 15 is 0 Å². The Kier molecular flexibility index (Phi) is 6.51. The lowest BCUT2D eigenvalue weighted by atomic mass is 9.80. The first-order chi connectivity index (χ1) is 25.7. The molecule has 2 unspecified atom stereocenters. The zero-order valence-electron chi connectivity index (χ0n) is 27.9. The molecule has 4 nitrogen and oxygen atoms in total. The topological polar surface area (TPSA) is 47.9 Å². The fourth-order valence-corrected chi connectivity index (χ4v) is 9.13. The molecule has 0 N–H and O–H groups in total. The van der Waals surface area contributed by atoms with Gasteiger partial charge in [0.2, 0.25) is 0 Å². The first kappa shape index (κ1) is 29.3. The van der Waals surface area contributed by atoms with Gasteiger partial charge in [-0.1, -0.05) is 127 Å². The van der Waals surface area contributed by atoms with E-state index in [9.17, 15) is 0 Å². The molecule has 244 valence electrons. The largest absolute Gasteiger partial charge is 0.485 e. The molecule has 9 aromatic rings. The molecule has 0 spiro atoms. The highest BCUT2D eigenvalue weighted by atomic mass is 32.1. The highest BCUT2D eigenvalue weighted by Crippen LogP contribution is 2.50. The molecule has 1 aliphatic heterocycles. The maximum absolute atomic E-state index is 6.68. The van der Waals surface area contributed by atoms with Gasteiger partial charge >= 0.3 is 0 Å². The molecule has 2 atom stereocenters. The second kappa shape index (κ2) is 11.6. The number of fused-ring (bicyclic) bond motifs is 9. The summed E-state index contributed by atoms with van der Waals surface area (Å²) in [5, 5.41) is 7.40. The van der Waals surface area contributed by atoms with E-state index in [4.69, 9.17) is 19.7 Å². The smallest absolute Gasteiger partial charge is 0.164 e. The Balaban J connectivity index is 1.11. The molecule has 0 amide bonds. The van der Waals surface area contributed by atoms with E-state index in [0.717, 1.165) is 44.5 Å². The van der Waals surface area contributed by atoms with Crippen LogP contribution >= 0.6 is 11.3 Å². The third-order valence-electron chi connectivity index (χ3n) is 10.5. The van der Waals surface area contributed by atoms with Gasteiger partial charge in [0.25, 0.3) is 0 Å². The third-order valence-corrected chi connectivity index (χ3v) is 11.6. The minimum Gasteiger partial charge on any atom is -0.485 e. The summed E-state index contributed by atoms with van der Waals surface area (Å²) in [4.78, 5) is 15.6. The number of para-hydroxylation sites is 1. The summed E-state index contributed by atoms with van der Waals surface area (Å²) in [5.74, 6) is 2.79. The van der Waals surface area contributed by atoms with E-state index < -0.39 is 0 Å². The third kappa shape index (κ3) is 4.70. The Morgan fingerprint density at radius 1 is 0.481 bits per heavy atom. The van der Waals surface area contributed by atoms with Crippen LogP contribution in [-0.4, -0.2) is 21.1 Å². The number of rotatable bonds is 4. The van der Waals surface area contributed by atoms with Gasteiger partial charge in [0.1, 0.15) is 11.9 Å². The molecule has 52 heavy (non-hydrogen) atoms. The summed E-state index contributed by atoms with van der Waals surface area (Å²) in [6.45, 7) is 0. The van der Waals surface area contributed by atoms with E-state index in [1.165, 1.54) is 36.3 Å². The Labute approximate surface area is 304 Å². The van der Waals surface area contributed by atoms with Crippen LogP contribution in [0.5, 0.6) is 5.75 Å². The molecule has 11 rings (SSSR count). The second-order valence-corrected chi connectivity index (χ2v) is 14.6. The molecule has 0 fully saturated rings. The second-order valence-electron chi connectivity index (χ2n) is 13.5. The number of hydrogen-bond acceptors (Lipinski definition) is 5. The molecule has 3 heterocycles. The van der Waals surface area contributed by atoms with E-state index in [0.29, 0.717) is 17.5 Å². The average molecular weight is 684 g/mol. The molecule has 5 heteroatoms. The Morgan fingerprint density at radius 2 is 1.15 bits per heavy atom. The molecule has 0 saturated carbocycles. The van der Waals surface area contributed by atoms with Gasteiger partial charge in [0.05, 0.1) is 5.92 Å². The van der Waals surface area contributed by atoms with Gasteiger partial charge in [0.15, 0.2) is 17.5 Å². The highest BCUT2D eigenvalue weighted by molar-refractivity contribution is 7.25. The van der Waals surface area contributed by atoms with Crippen molar-refractivity contribution in [3.63, 3.8) is 0 Å².